The molecule has 4 rings (SSSR count). The largest absolute Gasteiger partial charge is 0.497 e. The van der Waals surface area contributed by atoms with Gasteiger partial charge < -0.3 is 14.8 Å². The van der Waals surface area contributed by atoms with Gasteiger partial charge in [-0.3, -0.25) is 10.1 Å². The maximum absolute atomic E-state index is 11.7. The van der Waals surface area contributed by atoms with Crippen LogP contribution in [0.5, 0.6) is 5.75 Å². The van der Waals surface area contributed by atoms with E-state index >= 15 is 0 Å². The molecule has 0 bridgehead atoms. The minimum atomic E-state index is -0.874. The fraction of sp³-hybridized carbons (Fsp3) is 0.211. The second-order valence-electron chi connectivity index (χ2n) is 6.01. The van der Waals surface area contributed by atoms with Crippen molar-refractivity contribution in [1.82, 2.24) is 10.3 Å². The van der Waals surface area contributed by atoms with E-state index in [4.69, 9.17) is 4.74 Å². The molecule has 1 aromatic heterocycles. The predicted octanol–water partition coefficient (Wildman–Crippen LogP) is 3.04. The molecule has 2 atom stereocenters. The van der Waals surface area contributed by atoms with E-state index < -0.39 is 12.0 Å². The number of aliphatic carboxylic acids is 1. The molecule has 0 spiro atoms. The van der Waals surface area contributed by atoms with Gasteiger partial charge in [-0.05, 0) is 29.3 Å². The van der Waals surface area contributed by atoms with Crippen LogP contribution in [0.15, 0.2) is 48.5 Å². The average Bonchev–Trinajstić information content (AvgIpc) is 3.00. The molecular weight excluding hydrogens is 304 g/mol. The Labute approximate surface area is 139 Å². The third-order valence-corrected chi connectivity index (χ3v) is 4.69. The van der Waals surface area contributed by atoms with Crippen LogP contribution in [-0.2, 0) is 4.79 Å². The van der Waals surface area contributed by atoms with Gasteiger partial charge in [-0.25, -0.2) is 0 Å². The van der Waals surface area contributed by atoms with E-state index in [1.165, 1.54) is 5.56 Å². The Morgan fingerprint density at radius 2 is 2.00 bits per heavy atom. The first-order valence-corrected chi connectivity index (χ1v) is 7.89. The highest BCUT2D eigenvalue weighted by Crippen LogP contribution is 2.40. The van der Waals surface area contributed by atoms with Crippen molar-refractivity contribution in [2.24, 2.45) is 0 Å². The molecule has 2 aromatic carbocycles. The highest BCUT2D eigenvalue weighted by Gasteiger charge is 2.35. The van der Waals surface area contributed by atoms with Gasteiger partial charge in [-0.15, -0.1) is 0 Å². The first-order valence-electron chi connectivity index (χ1n) is 7.89. The van der Waals surface area contributed by atoms with Gasteiger partial charge in [0, 0.05) is 29.1 Å². The van der Waals surface area contributed by atoms with Gasteiger partial charge in [0.05, 0.1) is 7.11 Å². The van der Waals surface area contributed by atoms with Crippen LogP contribution in [-0.4, -0.2) is 29.7 Å². The van der Waals surface area contributed by atoms with E-state index in [1.54, 1.807) is 7.11 Å². The summed E-state index contributed by atoms with van der Waals surface area (Å²) in [5.41, 5.74) is 3.86. The van der Waals surface area contributed by atoms with Gasteiger partial charge in [0.2, 0.25) is 0 Å². The zero-order chi connectivity index (χ0) is 16.7. The molecule has 0 fully saturated rings. The summed E-state index contributed by atoms with van der Waals surface area (Å²) in [4.78, 5) is 15.0. The zero-order valence-electron chi connectivity index (χ0n) is 13.2. The number of aromatic nitrogens is 1. The van der Waals surface area contributed by atoms with E-state index in [9.17, 15) is 9.90 Å². The quantitative estimate of drug-likeness (QED) is 0.693. The first-order chi connectivity index (χ1) is 11.7. The molecule has 1 aliphatic heterocycles. The maximum Gasteiger partial charge on any atom is 0.326 e. The van der Waals surface area contributed by atoms with Crippen LogP contribution in [0.3, 0.4) is 0 Å². The lowest BCUT2D eigenvalue weighted by Gasteiger charge is -2.28. The van der Waals surface area contributed by atoms with Crippen LogP contribution in [0.2, 0.25) is 0 Å². The van der Waals surface area contributed by atoms with Crippen molar-refractivity contribution >= 4 is 16.9 Å². The Kier molecular flexibility index (Phi) is 3.50. The summed E-state index contributed by atoms with van der Waals surface area (Å²) in [6, 6.07) is 15.2. The first kappa shape index (κ1) is 14.8. The number of carboxylic acids is 1. The van der Waals surface area contributed by atoms with Crippen LogP contribution < -0.4 is 10.1 Å². The minimum absolute atomic E-state index is 0.0951. The number of benzene rings is 2. The summed E-state index contributed by atoms with van der Waals surface area (Å²) in [5.74, 6) is -0.0135. The SMILES string of the molecule is COc1ccc2[nH]c3c(c2c1)C(c1ccccc1)CNC3C(=O)O. The van der Waals surface area contributed by atoms with Crippen LogP contribution in [0.4, 0.5) is 0 Å². The van der Waals surface area contributed by atoms with Crippen molar-refractivity contribution in [2.75, 3.05) is 13.7 Å². The molecular formula is C19H18N2O3. The number of ether oxygens (including phenoxy) is 1. The van der Waals surface area contributed by atoms with E-state index in [-0.39, 0.29) is 5.92 Å². The van der Waals surface area contributed by atoms with Crippen LogP contribution in [0.25, 0.3) is 10.9 Å². The van der Waals surface area contributed by atoms with Crippen LogP contribution in [0, 0.1) is 0 Å². The molecule has 2 heterocycles. The molecule has 3 N–H and O–H groups in total. The Morgan fingerprint density at radius 1 is 1.21 bits per heavy atom. The lowest BCUT2D eigenvalue weighted by molar-refractivity contribution is -0.139. The normalized spacial score (nSPS) is 19.9. The Morgan fingerprint density at radius 3 is 2.71 bits per heavy atom. The molecule has 0 saturated heterocycles. The number of fused-ring (bicyclic) bond motifs is 3. The van der Waals surface area contributed by atoms with Crippen molar-refractivity contribution in [2.45, 2.75) is 12.0 Å². The van der Waals surface area contributed by atoms with Gasteiger partial charge in [0.1, 0.15) is 11.8 Å². The molecule has 0 aliphatic carbocycles. The monoisotopic (exact) mass is 322 g/mol. The summed E-state index contributed by atoms with van der Waals surface area (Å²) in [6.07, 6.45) is 0. The van der Waals surface area contributed by atoms with E-state index in [0.717, 1.165) is 27.9 Å². The summed E-state index contributed by atoms with van der Waals surface area (Å²) >= 11 is 0. The van der Waals surface area contributed by atoms with Crippen LogP contribution in [0.1, 0.15) is 28.8 Å². The molecule has 122 valence electrons. The summed E-state index contributed by atoms with van der Waals surface area (Å²) in [7, 11) is 1.64. The van der Waals surface area contributed by atoms with Crippen molar-refractivity contribution in [3.63, 3.8) is 0 Å². The maximum atomic E-state index is 11.7. The lowest BCUT2D eigenvalue weighted by Crippen LogP contribution is -2.37. The van der Waals surface area contributed by atoms with Gasteiger partial charge >= 0.3 is 5.97 Å². The number of carbonyl (C=O) groups is 1. The Bertz CT molecular complexity index is 902. The third-order valence-electron chi connectivity index (χ3n) is 4.69. The van der Waals surface area contributed by atoms with Gasteiger partial charge in [0.25, 0.3) is 0 Å². The zero-order valence-corrected chi connectivity index (χ0v) is 13.2. The fourth-order valence-corrected chi connectivity index (χ4v) is 3.56. The number of carboxylic acid groups (broad SMARTS) is 1. The van der Waals surface area contributed by atoms with Crippen molar-refractivity contribution in [1.29, 1.82) is 0 Å². The topological polar surface area (TPSA) is 74.3 Å². The van der Waals surface area contributed by atoms with E-state index in [1.807, 2.05) is 36.4 Å². The van der Waals surface area contributed by atoms with Crippen molar-refractivity contribution in [3.05, 3.63) is 65.4 Å². The second kappa shape index (κ2) is 5.69. The molecule has 0 saturated carbocycles. The second-order valence-corrected chi connectivity index (χ2v) is 6.01. The van der Waals surface area contributed by atoms with Gasteiger partial charge in [0.15, 0.2) is 0 Å². The fourth-order valence-electron chi connectivity index (χ4n) is 3.56. The Hall–Kier alpha value is -2.79. The molecule has 0 amide bonds. The van der Waals surface area contributed by atoms with Gasteiger partial charge in [-0.2, -0.15) is 0 Å². The number of hydrogen-bond donors (Lipinski definition) is 3. The molecule has 1 aliphatic rings. The third kappa shape index (κ3) is 2.25. The summed E-state index contributed by atoms with van der Waals surface area (Å²) in [5, 5.41) is 13.7. The van der Waals surface area contributed by atoms with Crippen LogP contribution >= 0.6 is 0 Å². The lowest BCUT2D eigenvalue weighted by atomic mass is 9.84. The van der Waals surface area contributed by atoms with E-state index in [0.29, 0.717) is 6.54 Å². The standard InChI is InChI=1S/C19H18N2O3/c1-24-12-7-8-15-13(9-12)16-14(11-5-3-2-4-6-11)10-20-18(19(22)23)17(16)21-15/h2-9,14,18,20-21H,10H2,1H3,(H,22,23). The molecule has 5 nitrogen and oxygen atoms in total. The molecule has 3 aromatic rings. The average molecular weight is 322 g/mol. The smallest absolute Gasteiger partial charge is 0.326 e. The molecule has 24 heavy (non-hydrogen) atoms. The number of rotatable bonds is 3. The molecule has 0 radical (unpaired) electrons. The van der Waals surface area contributed by atoms with Crippen molar-refractivity contribution in [3.8, 4) is 5.75 Å². The van der Waals surface area contributed by atoms with Gasteiger partial charge in [-0.1, -0.05) is 30.3 Å². The number of aromatic amines is 1. The molecule has 5 heteroatoms. The number of nitrogens with one attached hydrogen (secondary N) is 2. The highest BCUT2D eigenvalue weighted by atomic mass is 16.5. The summed E-state index contributed by atoms with van der Waals surface area (Å²) in [6.45, 7) is 0.581. The Balaban J connectivity index is 1.96. The molecule has 2 unspecified atom stereocenters. The van der Waals surface area contributed by atoms with E-state index in [2.05, 4.69) is 22.4 Å². The highest BCUT2D eigenvalue weighted by molar-refractivity contribution is 5.90. The number of hydrogen-bond acceptors (Lipinski definition) is 3. The van der Waals surface area contributed by atoms with Crippen molar-refractivity contribution < 1.29 is 14.6 Å². The predicted molar refractivity (Wildman–Crippen MR) is 91.5 cm³/mol. The number of H-pyrrole nitrogens is 1. The minimum Gasteiger partial charge on any atom is -0.497 e. The number of methoxy groups -OCH3 is 1. The summed E-state index contributed by atoms with van der Waals surface area (Å²) < 4.78 is 5.35.